The van der Waals surface area contributed by atoms with E-state index in [1.54, 1.807) is 7.05 Å². The Balaban J connectivity index is 1.67. The van der Waals surface area contributed by atoms with Gasteiger partial charge in [0.25, 0.3) is 0 Å². The lowest BCUT2D eigenvalue weighted by molar-refractivity contribution is -0.133. The molecule has 0 bridgehead atoms. The first-order chi connectivity index (χ1) is 10.0. The number of amides is 2. The van der Waals surface area contributed by atoms with Crippen molar-refractivity contribution in [3.63, 3.8) is 0 Å². The summed E-state index contributed by atoms with van der Waals surface area (Å²) in [5.74, 6) is 0.110. The predicted octanol–water partition coefficient (Wildman–Crippen LogP) is 1.01. The van der Waals surface area contributed by atoms with Crippen molar-refractivity contribution in [2.24, 2.45) is 5.41 Å². The van der Waals surface area contributed by atoms with Crippen LogP contribution in [-0.2, 0) is 16.0 Å². The van der Waals surface area contributed by atoms with Crippen LogP contribution in [0.2, 0.25) is 0 Å². The quantitative estimate of drug-likeness (QED) is 0.853. The van der Waals surface area contributed by atoms with Crippen LogP contribution in [0.15, 0.2) is 24.3 Å². The first-order valence-electron chi connectivity index (χ1n) is 7.39. The van der Waals surface area contributed by atoms with Crippen LogP contribution in [0.3, 0.4) is 0 Å². The molecule has 21 heavy (non-hydrogen) atoms. The van der Waals surface area contributed by atoms with E-state index in [1.807, 2.05) is 36.1 Å². The van der Waals surface area contributed by atoms with Crippen LogP contribution in [0.25, 0.3) is 0 Å². The molecule has 1 saturated heterocycles. The maximum atomic E-state index is 12.6. The van der Waals surface area contributed by atoms with Gasteiger partial charge in [-0.25, -0.2) is 0 Å². The summed E-state index contributed by atoms with van der Waals surface area (Å²) in [6, 6.07) is 7.81. The molecule has 5 nitrogen and oxygen atoms in total. The molecule has 0 radical (unpaired) electrons. The normalized spacial score (nSPS) is 27.1. The molecule has 0 saturated carbocycles. The summed E-state index contributed by atoms with van der Waals surface area (Å²) in [5.41, 5.74) is 1.77. The Bertz CT molecular complexity index is 562. The monoisotopic (exact) mass is 287 g/mol. The van der Waals surface area contributed by atoms with E-state index in [0.29, 0.717) is 13.1 Å². The largest absolute Gasteiger partial charge is 0.373 e. The summed E-state index contributed by atoms with van der Waals surface area (Å²) in [4.78, 5) is 26.4. The Hall–Kier alpha value is -2.04. The van der Waals surface area contributed by atoms with Gasteiger partial charge in [0.05, 0.1) is 5.41 Å². The molecule has 2 unspecified atom stereocenters. The number of hydrogen-bond donors (Lipinski definition) is 2. The number of rotatable bonds is 2. The molecule has 112 valence electrons. The fourth-order valence-corrected chi connectivity index (χ4v) is 3.30. The number of nitrogens with one attached hydrogen (secondary N) is 2. The lowest BCUT2D eigenvalue weighted by Crippen LogP contribution is -2.44. The molecule has 5 heteroatoms. The van der Waals surface area contributed by atoms with Gasteiger partial charge in [0.1, 0.15) is 6.04 Å². The number of para-hydroxylation sites is 1. The van der Waals surface area contributed by atoms with Gasteiger partial charge in [0.15, 0.2) is 0 Å². The third-order valence-corrected chi connectivity index (χ3v) is 4.63. The molecule has 2 heterocycles. The molecule has 2 aliphatic rings. The van der Waals surface area contributed by atoms with Crippen molar-refractivity contribution in [1.82, 2.24) is 10.2 Å². The highest BCUT2D eigenvalue weighted by molar-refractivity contribution is 5.89. The zero-order valence-corrected chi connectivity index (χ0v) is 12.5. The maximum Gasteiger partial charge on any atom is 0.245 e. The molecule has 0 spiro atoms. The fraction of sp³-hybridized carbons (Fsp3) is 0.500. The highest BCUT2D eigenvalue weighted by Crippen LogP contribution is 2.32. The van der Waals surface area contributed by atoms with Crippen LogP contribution in [-0.4, -0.2) is 42.9 Å². The first kappa shape index (κ1) is 13.9. The third kappa shape index (κ3) is 2.37. The third-order valence-electron chi connectivity index (χ3n) is 4.63. The van der Waals surface area contributed by atoms with Crippen LogP contribution in [0.1, 0.15) is 18.9 Å². The Labute approximate surface area is 124 Å². The second-order valence-electron chi connectivity index (χ2n) is 6.21. The van der Waals surface area contributed by atoms with E-state index < -0.39 is 5.41 Å². The second-order valence-corrected chi connectivity index (χ2v) is 6.21. The number of hydrogen-bond acceptors (Lipinski definition) is 3. The molecular formula is C16H21N3O2. The van der Waals surface area contributed by atoms with Gasteiger partial charge in [-0.3, -0.25) is 9.59 Å². The average molecular weight is 287 g/mol. The van der Waals surface area contributed by atoms with Crippen molar-refractivity contribution in [1.29, 1.82) is 0 Å². The number of benzene rings is 1. The Kier molecular flexibility index (Phi) is 3.35. The Morgan fingerprint density at radius 3 is 2.86 bits per heavy atom. The molecule has 1 aromatic rings. The first-order valence-corrected chi connectivity index (χ1v) is 7.39. The SMILES string of the molecule is CNC(=O)C1(C)CCN(C(=O)C2Cc3ccccc3N2)C1. The van der Waals surface area contributed by atoms with E-state index in [0.717, 1.165) is 18.5 Å². The summed E-state index contributed by atoms with van der Waals surface area (Å²) in [5, 5.41) is 5.99. The molecule has 0 aromatic heterocycles. The number of anilines is 1. The predicted molar refractivity (Wildman–Crippen MR) is 80.9 cm³/mol. The van der Waals surface area contributed by atoms with E-state index in [1.165, 1.54) is 5.56 Å². The zero-order valence-electron chi connectivity index (χ0n) is 12.5. The Morgan fingerprint density at radius 1 is 1.38 bits per heavy atom. The van der Waals surface area contributed by atoms with Crippen LogP contribution < -0.4 is 10.6 Å². The van der Waals surface area contributed by atoms with Gasteiger partial charge in [-0.05, 0) is 25.0 Å². The van der Waals surface area contributed by atoms with E-state index in [2.05, 4.69) is 10.6 Å². The smallest absolute Gasteiger partial charge is 0.245 e. The van der Waals surface area contributed by atoms with E-state index in [9.17, 15) is 9.59 Å². The molecule has 2 aliphatic heterocycles. The molecule has 1 aromatic carbocycles. The van der Waals surface area contributed by atoms with Crippen molar-refractivity contribution in [3.8, 4) is 0 Å². The van der Waals surface area contributed by atoms with Crippen molar-refractivity contribution in [2.75, 3.05) is 25.5 Å². The number of carbonyl (C=O) groups is 2. The van der Waals surface area contributed by atoms with Gasteiger partial charge < -0.3 is 15.5 Å². The minimum absolute atomic E-state index is 0.0143. The Morgan fingerprint density at radius 2 is 2.14 bits per heavy atom. The van der Waals surface area contributed by atoms with Crippen molar-refractivity contribution in [2.45, 2.75) is 25.8 Å². The van der Waals surface area contributed by atoms with Crippen LogP contribution in [0, 0.1) is 5.41 Å². The summed E-state index contributed by atoms with van der Waals surface area (Å²) in [6.45, 7) is 3.08. The van der Waals surface area contributed by atoms with Gasteiger partial charge in [-0.1, -0.05) is 18.2 Å². The fourth-order valence-electron chi connectivity index (χ4n) is 3.30. The van der Waals surface area contributed by atoms with Gasteiger partial charge in [0.2, 0.25) is 11.8 Å². The summed E-state index contributed by atoms with van der Waals surface area (Å²) in [6.07, 6.45) is 1.44. The molecule has 0 aliphatic carbocycles. The number of likely N-dealkylation sites (tertiary alicyclic amines) is 1. The van der Waals surface area contributed by atoms with Crippen LogP contribution >= 0.6 is 0 Å². The number of nitrogens with zero attached hydrogens (tertiary/aromatic N) is 1. The molecule has 3 rings (SSSR count). The van der Waals surface area contributed by atoms with E-state index in [-0.39, 0.29) is 17.9 Å². The van der Waals surface area contributed by atoms with Crippen LogP contribution in [0.5, 0.6) is 0 Å². The second kappa shape index (κ2) is 5.06. The number of fused-ring (bicyclic) bond motifs is 1. The maximum absolute atomic E-state index is 12.6. The van der Waals surface area contributed by atoms with Crippen molar-refractivity contribution < 1.29 is 9.59 Å². The lowest BCUT2D eigenvalue weighted by Gasteiger charge is -2.24. The lowest BCUT2D eigenvalue weighted by atomic mass is 9.89. The minimum Gasteiger partial charge on any atom is -0.373 e. The molecule has 2 amide bonds. The topological polar surface area (TPSA) is 61.4 Å². The molecule has 2 N–H and O–H groups in total. The van der Waals surface area contributed by atoms with E-state index >= 15 is 0 Å². The summed E-state index contributed by atoms with van der Waals surface area (Å²) < 4.78 is 0. The summed E-state index contributed by atoms with van der Waals surface area (Å²) >= 11 is 0. The number of carbonyl (C=O) groups excluding carboxylic acids is 2. The van der Waals surface area contributed by atoms with Gasteiger partial charge in [0, 0.05) is 32.2 Å². The molecule has 2 atom stereocenters. The zero-order chi connectivity index (χ0) is 15.0. The molecule has 1 fully saturated rings. The summed E-state index contributed by atoms with van der Waals surface area (Å²) in [7, 11) is 1.65. The highest BCUT2D eigenvalue weighted by Gasteiger charge is 2.43. The van der Waals surface area contributed by atoms with Crippen LogP contribution in [0.4, 0.5) is 5.69 Å². The van der Waals surface area contributed by atoms with E-state index in [4.69, 9.17) is 0 Å². The van der Waals surface area contributed by atoms with Gasteiger partial charge in [-0.15, -0.1) is 0 Å². The van der Waals surface area contributed by atoms with Gasteiger partial charge in [-0.2, -0.15) is 0 Å². The average Bonchev–Trinajstić information content (AvgIpc) is 3.10. The minimum atomic E-state index is -0.462. The van der Waals surface area contributed by atoms with Crippen molar-refractivity contribution in [3.05, 3.63) is 29.8 Å². The highest BCUT2D eigenvalue weighted by atomic mass is 16.2. The van der Waals surface area contributed by atoms with Crippen molar-refractivity contribution >= 4 is 17.5 Å². The standard InChI is InChI=1S/C16H21N3O2/c1-16(15(21)17-2)7-8-19(10-16)14(20)13-9-11-5-3-4-6-12(11)18-13/h3-6,13,18H,7-10H2,1-2H3,(H,17,21). The molecular weight excluding hydrogens is 266 g/mol. The van der Waals surface area contributed by atoms with Gasteiger partial charge >= 0.3 is 0 Å².